The van der Waals surface area contributed by atoms with Crippen LogP contribution in [-0.4, -0.2) is 263 Å². The Bertz CT molecular complexity index is 8720. The molecule has 784 valence electrons. The predicted octanol–water partition coefficient (Wildman–Crippen LogP) is 11.3. The summed E-state index contributed by atoms with van der Waals surface area (Å²) in [5.74, 6) is 0.0201. The molecule has 4 saturated heterocycles. The smallest absolute Gasteiger partial charge is 0.277 e. The van der Waals surface area contributed by atoms with Crippen LogP contribution in [0.4, 0.5) is 0 Å². The maximum atomic E-state index is 13.5. The van der Waals surface area contributed by atoms with Gasteiger partial charge in [-0.15, -0.1) is 0 Å². The van der Waals surface area contributed by atoms with Crippen molar-refractivity contribution in [2.24, 2.45) is 28.2 Å². The molecule has 4 aromatic carbocycles. The van der Waals surface area contributed by atoms with Crippen LogP contribution in [-0.2, 0) is 93.8 Å². The van der Waals surface area contributed by atoms with E-state index in [-0.39, 0.29) is 179 Å². The number of benzene rings is 4. The van der Waals surface area contributed by atoms with Crippen molar-refractivity contribution < 1.29 is 95.1 Å². The quantitative estimate of drug-likeness (QED) is 0.0176. The molecular weight excluding hydrogens is 1920 g/mol. The zero-order valence-corrected chi connectivity index (χ0v) is 85.3. The number of aryl methyl sites for hydroxylation is 8. The van der Waals surface area contributed by atoms with Crippen molar-refractivity contribution in [3.05, 3.63) is 137 Å². The van der Waals surface area contributed by atoms with Crippen LogP contribution in [0.2, 0.25) is 0 Å². The average Bonchev–Trinajstić information content (AvgIpc) is 1.58. The molecule has 40 nitrogen and oxygen atoms in total. The molecule has 12 heterocycles. The fourth-order valence-electron chi connectivity index (χ4n) is 16.6. The Labute approximate surface area is 886 Å². The van der Waals surface area contributed by atoms with Gasteiger partial charge in [-0.05, 0) is 255 Å². The number of rotatable bonds is 44. The summed E-state index contributed by atoms with van der Waals surface area (Å²) in [6.45, 7) is -7.56. The van der Waals surface area contributed by atoms with Crippen LogP contribution in [0.3, 0.4) is 0 Å². The van der Waals surface area contributed by atoms with Gasteiger partial charge in [0.25, 0.3) is 22.2 Å². The third kappa shape index (κ3) is 26.5. The van der Waals surface area contributed by atoms with Crippen molar-refractivity contribution in [1.82, 2.24) is 117 Å². The number of aromatic amines is 4. The van der Waals surface area contributed by atoms with E-state index in [4.69, 9.17) is 61.4 Å². The summed E-state index contributed by atoms with van der Waals surface area (Å²) in [5.41, 5.74) is -4.14. The van der Waals surface area contributed by atoms with Gasteiger partial charge in [0.1, 0.15) is 68.4 Å². The standard InChI is InChI=1S/4C25H36N6O4S/c4*1-5-8-20-22-23(31(4)29-20)25(32)28-24(27-22)19-16-18(10-11-21(19)35-15-6-2)36(33,34)26-13-12-17-9-7-14-30(17)3/h4*10-11,16-17,26H,5-9,12-15H2,1-4H3,(H,27,28,32)/i1D3,8D2,12D2,13D2;1D3,8D2,12D2,13D;1D3,12D2,13D2;1D3,8D2,12D2. The van der Waals surface area contributed by atoms with Crippen molar-refractivity contribution >= 4 is 84.2 Å². The van der Waals surface area contributed by atoms with Crippen LogP contribution in [0.1, 0.15) is 249 Å². The maximum Gasteiger partial charge on any atom is 0.277 e. The number of nitrogens with zero attached hydrogens (tertiary/aromatic N) is 16. The van der Waals surface area contributed by atoms with E-state index in [0.29, 0.717) is 83.8 Å². The van der Waals surface area contributed by atoms with Crippen LogP contribution >= 0.6 is 0 Å². The van der Waals surface area contributed by atoms with Gasteiger partial charge in [0.2, 0.25) is 40.1 Å². The van der Waals surface area contributed by atoms with Gasteiger partial charge in [-0.25, -0.2) is 72.5 Å². The van der Waals surface area contributed by atoms with E-state index in [9.17, 15) is 52.8 Å². The lowest BCUT2D eigenvalue weighted by atomic mass is 10.1. The van der Waals surface area contributed by atoms with E-state index in [2.05, 4.69) is 69.7 Å². The fourth-order valence-corrected chi connectivity index (χ4v) is 20.1. The van der Waals surface area contributed by atoms with E-state index in [1.807, 2.05) is 42.0 Å². The molecule has 5 unspecified atom stereocenters. The minimum absolute atomic E-state index is 0.0200. The number of hydrogen-bond donors (Lipinski definition) is 8. The molecule has 5 atom stereocenters. The molecule has 0 radical (unpaired) electrons. The molecule has 4 fully saturated rings. The molecule has 144 heavy (non-hydrogen) atoms. The van der Waals surface area contributed by atoms with Gasteiger partial charge in [0.05, 0.1) is 91.0 Å². The molecule has 4 aliphatic heterocycles. The Morgan fingerprint density at radius 2 is 0.625 bits per heavy atom. The van der Waals surface area contributed by atoms with Crippen LogP contribution in [0.15, 0.2) is 112 Å². The SMILES string of the molecule is [2H]C(NS(=O)(=O)c1ccc(OCCC)c(-c2nc3c(C([2H])([2H])CC([2H])([2H])[2H])nn(C)c3c(=O)[nH]2)c1)C([2H])([2H])C1CCCN1C.[2H]C([2H])([2H])CC([2H])([2H])c1nn(C)c2c(=O)[nH]c(-c3cc(S(=O)(=O)NC([2H])([2H])C([2H])([2H])C4CCCN4C)ccc3OCCC)nc12.[2H]C([2H])([2H])CC([2H])([2H])c1nn(C)c2c(=O)[nH]c(-c3cc(S(=O)(=O)NCC([2H])([2H])C4CCCN4C)ccc3OCCC)nc12.[2H]C([2H])([2H])CCc1nn(C)c2c(=O)[nH]c(-c3cc(S(=O)(=O)NC([2H])([2H])C([2H])([2H])C4CCCN4C)ccc3OCCC)nc12. The summed E-state index contributed by atoms with van der Waals surface area (Å²) in [4.78, 5) is 86.3. The summed E-state index contributed by atoms with van der Waals surface area (Å²) >= 11 is 0. The van der Waals surface area contributed by atoms with Crippen LogP contribution in [0.25, 0.3) is 89.7 Å². The molecule has 0 saturated carbocycles. The van der Waals surface area contributed by atoms with Gasteiger partial charge < -0.3 is 58.5 Å². The van der Waals surface area contributed by atoms with Crippen LogP contribution < -0.4 is 60.1 Å². The third-order valence-electron chi connectivity index (χ3n) is 23.9. The third-order valence-corrected chi connectivity index (χ3v) is 29.1. The predicted molar refractivity (Wildman–Crippen MR) is 559 cm³/mol. The zero-order chi connectivity index (χ0) is 130. The second-order valence-electron chi connectivity index (χ2n) is 34.3. The number of ether oxygens (including phenoxy) is 4. The molecule has 0 amide bonds. The molecule has 12 aromatic rings. The summed E-state index contributed by atoms with van der Waals surface area (Å²) in [6, 6.07) is 12.1. The normalized spacial score (nSPS) is 21.4. The zero-order valence-electron chi connectivity index (χ0n) is 113. The Morgan fingerprint density at radius 3 is 0.910 bits per heavy atom. The number of H-pyrrole nitrogens is 4. The van der Waals surface area contributed by atoms with Gasteiger partial charge in [-0.2, -0.15) is 20.4 Å². The highest BCUT2D eigenvalue weighted by molar-refractivity contribution is 7.90. The number of likely N-dealkylation sites (tertiary alicyclic amines) is 4. The Morgan fingerprint density at radius 1 is 0.354 bits per heavy atom. The molecule has 44 heteroatoms. The minimum Gasteiger partial charge on any atom is -0.493 e. The Balaban J connectivity index is 0.000000190. The molecule has 8 N–H and O–H groups in total. The highest BCUT2D eigenvalue weighted by Crippen LogP contribution is 2.38. The number of sulfonamides is 4. The number of hydrogen-bond acceptors (Lipinski definition) is 28. The van der Waals surface area contributed by atoms with Gasteiger partial charge in [-0.3, -0.25) is 37.9 Å². The lowest BCUT2D eigenvalue weighted by Gasteiger charge is -2.19. The van der Waals surface area contributed by atoms with Crippen LogP contribution in [0, 0.1) is 0 Å². The molecule has 0 aliphatic carbocycles. The Kier molecular flexibility index (Phi) is 25.9. The first-order chi connectivity index (χ1) is 80.6. The highest BCUT2D eigenvalue weighted by Gasteiger charge is 2.32. The second-order valence-corrected chi connectivity index (χ2v) is 41.1. The lowest BCUT2D eigenvalue weighted by Crippen LogP contribution is -2.31. The van der Waals surface area contributed by atoms with Crippen molar-refractivity contribution in [1.29, 1.82) is 0 Å². The van der Waals surface area contributed by atoms with Crippen molar-refractivity contribution in [3.63, 3.8) is 0 Å². The topological polar surface area (TPSA) is 489 Å². The first-order valence-corrected chi connectivity index (χ1v) is 52.9. The fraction of sp³-hybridized carbons (Fsp3) is 0.560. The van der Waals surface area contributed by atoms with Gasteiger partial charge in [0, 0.05) is 121 Å². The monoisotopic (exact) mass is 2100 g/mol. The van der Waals surface area contributed by atoms with E-state index < -0.39 is 219 Å². The second kappa shape index (κ2) is 49.9. The summed E-state index contributed by atoms with van der Waals surface area (Å²) < 4.78 is 395. The van der Waals surface area contributed by atoms with Crippen molar-refractivity contribution in [2.75, 3.05) is 107 Å². The van der Waals surface area contributed by atoms with Crippen molar-refractivity contribution in [2.45, 2.75) is 253 Å². The first-order valence-electron chi connectivity index (χ1n) is 62.5. The number of nitrogens with one attached hydrogen (secondary N) is 8. The lowest BCUT2D eigenvalue weighted by molar-refractivity contribution is 0.297. The maximum absolute atomic E-state index is 13.5. The highest BCUT2D eigenvalue weighted by atomic mass is 32.2. The molecule has 0 spiro atoms. The van der Waals surface area contributed by atoms with E-state index in [1.165, 1.54) is 87.5 Å². The molecule has 4 aliphatic rings. The van der Waals surface area contributed by atoms with Gasteiger partial charge in [0.15, 0.2) is 22.1 Å². The van der Waals surface area contributed by atoms with Gasteiger partial charge in [-0.1, -0.05) is 80.8 Å². The summed E-state index contributed by atoms with van der Waals surface area (Å²) in [6.07, 6.45) is -12.4. The minimum atomic E-state index is -4.71. The average molecular weight is 2100 g/mol. The van der Waals surface area contributed by atoms with E-state index >= 15 is 0 Å². The Hall–Kier alpha value is -11.0. The summed E-state index contributed by atoms with van der Waals surface area (Å²) in [5, 5.41) is 16.5. The molecule has 0 bridgehead atoms. The van der Waals surface area contributed by atoms with E-state index in [1.54, 1.807) is 42.9 Å². The molecule has 8 aromatic heterocycles. The largest absolute Gasteiger partial charge is 0.493 e. The first kappa shape index (κ1) is 74.8. The van der Waals surface area contributed by atoms with Crippen LogP contribution in [0.5, 0.6) is 23.0 Å². The van der Waals surface area contributed by atoms with Gasteiger partial charge >= 0.3 is 0 Å². The van der Waals surface area contributed by atoms with Crippen molar-refractivity contribution in [3.8, 4) is 68.5 Å². The summed E-state index contributed by atoms with van der Waals surface area (Å²) in [7, 11) is -5.50. The van der Waals surface area contributed by atoms with E-state index in [0.717, 1.165) is 51.6 Å². The molecule has 16 rings (SSSR count). The molecular formula is C100H144N24O16S4. The number of aromatic nitrogens is 16. The number of fused-ring (bicyclic) bond motifs is 4.